The van der Waals surface area contributed by atoms with Gasteiger partial charge in [-0.2, -0.15) is 0 Å². The molecule has 168 valence electrons. The van der Waals surface area contributed by atoms with E-state index in [0.717, 1.165) is 51.6 Å². The molecule has 4 aliphatic heterocycles. The molecule has 0 aromatic carbocycles. The van der Waals surface area contributed by atoms with E-state index in [1.807, 2.05) is 16.7 Å². The minimum atomic E-state index is -0.715. The quantitative estimate of drug-likeness (QED) is 0.681. The first-order valence-electron chi connectivity index (χ1n) is 11.3. The molecule has 4 rings (SSSR count). The summed E-state index contributed by atoms with van der Waals surface area (Å²) in [4.78, 5) is 48.6. The molecule has 8 nitrogen and oxygen atoms in total. The zero-order valence-corrected chi connectivity index (χ0v) is 17.9. The van der Waals surface area contributed by atoms with E-state index in [-0.39, 0.29) is 24.2 Å². The van der Waals surface area contributed by atoms with Crippen molar-refractivity contribution < 1.29 is 29.0 Å². The van der Waals surface area contributed by atoms with Crippen molar-refractivity contribution >= 4 is 23.8 Å². The van der Waals surface area contributed by atoms with Crippen LogP contribution in [0.25, 0.3) is 0 Å². The average Bonchev–Trinajstić information content (AvgIpc) is 3.24. The predicted octanol–water partition coefficient (Wildman–Crippen LogP) is 2.20. The van der Waals surface area contributed by atoms with Gasteiger partial charge in [-0.3, -0.25) is 19.2 Å². The van der Waals surface area contributed by atoms with Gasteiger partial charge in [0.1, 0.15) is 0 Å². The summed E-state index contributed by atoms with van der Waals surface area (Å²) in [5.41, 5.74) is 0. The molecule has 2 amide bonds. The summed E-state index contributed by atoms with van der Waals surface area (Å²) in [5.74, 6) is 0.423. The zero-order valence-electron chi connectivity index (χ0n) is 17.9. The van der Waals surface area contributed by atoms with Gasteiger partial charge in [-0.1, -0.05) is 0 Å². The molecule has 0 radical (unpaired) electrons. The molecular formula is C22H34N2O6. The standard InChI is InChI=1S/C12H19NO3.C10H15NO3/c1-2-16-12(15)8-9-5-6-13-10(7-9)3-4-11(13)14;12-9-2-1-8-5-7(6-10(13)14)3-4-11(8)9/h9-10H,2-8H2,1H3;7-8H,1-6H2,(H,13,14)/t9-,10-;7-,8-/m00/s1. The Bertz CT molecular complexity index is 666. The highest BCUT2D eigenvalue weighted by Gasteiger charge is 2.37. The maximum atomic E-state index is 11.5. The van der Waals surface area contributed by atoms with Gasteiger partial charge >= 0.3 is 11.9 Å². The number of carboxylic acids is 1. The van der Waals surface area contributed by atoms with Crippen LogP contribution < -0.4 is 0 Å². The summed E-state index contributed by atoms with van der Waals surface area (Å²) >= 11 is 0. The minimum Gasteiger partial charge on any atom is -0.481 e. The summed E-state index contributed by atoms with van der Waals surface area (Å²) < 4.78 is 4.96. The van der Waals surface area contributed by atoms with E-state index in [9.17, 15) is 19.2 Å². The lowest BCUT2D eigenvalue weighted by molar-refractivity contribution is -0.145. The third kappa shape index (κ3) is 5.73. The monoisotopic (exact) mass is 422 g/mol. The smallest absolute Gasteiger partial charge is 0.306 e. The second kappa shape index (κ2) is 10.3. The molecule has 4 saturated heterocycles. The number of carboxylic acid groups (broad SMARTS) is 1. The fourth-order valence-corrected chi connectivity index (χ4v) is 5.41. The lowest BCUT2D eigenvalue weighted by Gasteiger charge is -2.34. The van der Waals surface area contributed by atoms with E-state index in [2.05, 4.69) is 0 Å². The van der Waals surface area contributed by atoms with Gasteiger partial charge in [0.25, 0.3) is 0 Å². The topological polar surface area (TPSA) is 104 Å². The summed E-state index contributed by atoms with van der Waals surface area (Å²) in [6, 6.07) is 0.723. The van der Waals surface area contributed by atoms with Crippen molar-refractivity contribution in [3.05, 3.63) is 0 Å². The maximum absolute atomic E-state index is 11.5. The number of piperidine rings is 2. The molecule has 4 fully saturated rings. The lowest BCUT2D eigenvalue weighted by atomic mass is 9.89. The van der Waals surface area contributed by atoms with Gasteiger partial charge in [0.2, 0.25) is 11.8 Å². The Morgan fingerprint density at radius 3 is 1.87 bits per heavy atom. The molecule has 0 bridgehead atoms. The number of carbonyl (C=O) groups is 4. The van der Waals surface area contributed by atoms with Crippen LogP contribution in [-0.2, 0) is 23.9 Å². The second-order valence-electron chi connectivity index (χ2n) is 8.95. The summed E-state index contributed by atoms with van der Waals surface area (Å²) in [5, 5.41) is 8.68. The maximum Gasteiger partial charge on any atom is 0.306 e. The highest BCUT2D eigenvalue weighted by Crippen LogP contribution is 2.33. The van der Waals surface area contributed by atoms with E-state index < -0.39 is 5.97 Å². The Morgan fingerprint density at radius 2 is 1.40 bits per heavy atom. The number of hydrogen-bond donors (Lipinski definition) is 1. The number of esters is 1. The molecule has 0 saturated carbocycles. The van der Waals surface area contributed by atoms with Crippen LogP contribution in [0.5, 0.6) is 0 Å². The fraction of sp³-hybridized carbons (Fsp3) is 0.818. The molecule has 0 aromatic rings. The Balaban J connectivity index is 0.000000172. The first kappa shape index (κ1) is 22.6. The number of amides is 2. The average molecular weight is 423 g/mol. The van der Waals surface area contributed by atoms with E-state index in [1.165, 1.54) is 0 Å². The van der Waals surface area contributed by atoms with Crippen LogP contribution >= 0.6 is 0 Å². The Hall–Kier alpha value is -2.12. The first-order chi connectivity index (χ1) is 14.4. The van der Waals surface area contributed by atoms with Crippen molar-refractivity contribution in [3.63, 3.8) is 0 Å². The Labute approximate surface area is 177 Å². The predicted molar refractivity (Wildman–Crippen MR) is 108 cm³/mol. The van der Waals surface area contributed by atoms with E-state index in [1.54, 1.807) is 0 Å². The fourth-order valence-electron chi connectivity index (χ4n) is 5.41. The van der Waals surface area contributed by atoms with Gasteiger partial charge in [0, 0.05) is 50.9 Å². The van der Waals surface area contributed by atoms with Gasteiger partial charge in [0.15, 0.2) is 0 Å². The van der Waals surface area contributed by atoms with Crippen LogP contribution in [0.15, 0.2) is 0 Å². The van der Waals surface area contributed by atoms with Gasteiger partial charge in [-0.15, -0.1) is 0 Å². The van der Waals surface area contributed by atoms with Gasteiger partial charge in [-0.25, -0.2) is 0 Å². The lowest BCUT2D eigenvalue weighted by Crippen LogP contribution is -2.40. The van der Waals surface area contributed by atoms with Crippen LogP contribution in [0.4, 0.5) is 0 Å². The normalized spacial score (nSPS) is 30.3. The van der Waals surface area contributed by atoms with Crippen LogP contribution in [0.3, 0.4) is 0 Å². The van der Waals surface area contributed by atoms with Crippen LogP contribution in [0, 0.1) is 11.8 Å². The second-order valence-corrected chi connectivity index (χ2v) is 8.95. The van der Waals surface area contributed by atoms with E-state index >= 15 is 0 Å². The highest BCUT2D eigenvalue weighted by molar-refractivity contribution is 5.79. The van der Waals surface area contributed by atoms with Crippen LogP contribution in [0.2, 0.25) is 0 Å². The van der Waals surface area contributed by atoms with Crippen LogP contribution in [0.1, 0.15) is 71.1 Å². The number of nitrogens with zero attached hydrogens (tertiary/aromatic N) is 2. The molecule has 1 N–H and O–H groups in total. The van der Waals surface area contributed by atoms with Crippen molar-refractivity contribution in [1.82, 2.24) is 9.80 Å². The van der Waals surface area contributed by atoms with E-state index in [4.69, 9.17) is 9.84 Å². The summed E-state index contributed by atoms with van der Waals surface area (Å²) in [6.45, 7) is 3.88. The van der Waals surface area contributed by atoms with Crippen molar-refractivity contribution in [2.75, 3.05) is 19.7 Å². The molecular weight excluding hydrogens is 388 g/mol. The molecule has 4 aliphatic rings. The number of fused-ring (bicyclic) bond motifs is 2. The molecule has 4 atom stereocenters. The number of aliphatic carboxylic acids is 1. The first-order valence-corrected chi connectivity index (χ1v) is 11.3. The number of rotatable bonds is 5. The van der Waals surface area contributed by atoms with E-state index in [0.29, 0.717) is 49.8 Å². The van der Waals surface area contributed by atoms with Crippen molar-refractivity contribution in [1.29, 1.82) is 0 Å². The van der Waals surface area contributed by atoms with Gasteiger partial charge < -0.3 is 19.6 Å². The molecule has 0 unspecified atom stereocenters. The number of carbonyl (C=O) groups excluding carboxylic acids is 3. The third-order valence-corrected chi connectivity index (χ3v) is 6.90. The summed E-state index contributed by atoms with van der Waals surface area (Å²) in [7, 11) is 0. The Kier molecular flexibility index (Phi) is 7.72. The highest BCUT2D eigenvalue weighted by atomic mass is 16.5. The molecule has 30 heavy (non-hydrogen) atoms. The zero-order chi connectivity index (χ0) is 21.7. The largest absolute Gasteiger partial charge is 0.481 e. The number of ether oxygens (including phenoxy) is 1. The molecule has 8 heteroatoms. The van der Waals surface area contributed by atoms with Gasteiger partial charge in [-0.05, 0) is 57.3 Å². The van der Waals surface area contributed by atoms with Crippen molar-refractivity contribution in [2.24, 2.45) is 11.8 Å². The molecule has 4 heterocycles. The number of hydrogen-bond acceptors (Lipinski definition) is 5. The summed E-state index contributed by atoms with van der Waals surface area (Å²) in [6.07, 6.45) is 7.69. The molecule has 0 aromatic heterocycles. The Morgan fingerprint density at radius 1 is 0.900 bits per heavy atom. The SMILES string of the molecule is CCOC(=O)C[C@H]1CCN2C(=O)CC[C@H]2C1.O=C(O)C[C@H]1CCN2C(=O)CC[C@H]2C1. The van der Waals surface area contributed by atoms with Crippen LogP contribution in [-0.4, -0.2) is 70.4 Å². The van der Waals surface area contributed by atoms with Crippen molar-refractivity contribution in [2.45, 2.75) is 83.2 Å². The van der Waals surface area contributed by atoms with Gasteiger partial charge in [0.05, 0.1) is 6.61 Å². The van der Waals surface area contributed by atoms with Crippen molar-refractivity contribution in [3.8, 4) is 0 Å². The molecule has 0 spiro atoms. The minimum absolute atomic E-state index is 0.0923. The third-order valence-electron chi connectivity index (χ3n) is 6.90. The molecule has 0 aliphatic carbocycles.